The van der Waals surface area contributed by atoms with E-state index in [9.17, 15) is 8.42 Å². The van der Waals surface area contributed by atoms with Gasteiger partial charge in [0.05, 0.1) is 10.9 Å². The van der Waals surface area contributed by atoms with Crippen LogP contribution in [0.3, 0.4) is 0 Å². The molecule has 1 aromatic heterocycles. The average Bonchev–Trinajstić information content (AvgIpc) is 3.00. The Bertz CT molecular complexity index is 639. The smallest absolute Gasteiger partial charge is 0.216 e. The highest BCUT2D eigenvalue weighted by molar-refractivity contribution is 7.90. The van der Waals surface area contributed by atoms with Crippen molar-refractivity contribution in [3.8, 4) is 0 Å². The van der Waals surface area contributed by atoms with Gasteiger partial charge < -0.3 is 0 Å². The summed E-state index contributed by atoms with van der Waals surface area (Å²) in [5.41, 5.74) is 1.90. The van der Waals surface area contributed by atoms with E-state index >= 15 is 0 Å². The van der Waals surface area contributed by atoms with Gasteiger partial charge in [0.15, 0.2) is 0 Å². The summed E-state index contributed by atoms with van der Waals surface area (Å²) >= 11 is 6.24. The molecule has 0 amide bonds. The second-order valence-corrected chi connectivity index (χ2v) is 8.41. The van der Waals surface area contributed by atoms with Crippen LogP contribution in [0.25, 0.3) is 0 Å². The number of nitrogens with zero attached hydrogens (tertiary/aromatic N) is 3. The Kier molecular flexibility index (Phi) is 4.02. The third-order valence-electron chi connectivity index (χ3n) is 4.23. The maximum Gasteiger partial charge on any atom is 0.216 e. The fraction of sp³-hybridized carbons (Fsp3) is 0.769. The van der Waals surface area contributed by atoms with Crippen LogP contribution in [0.5, 0.6) is 0 Å². The summed E-state index contributed by atoms with van der Waals surface area (Å²) < 4.78 is 28.9. The van der Waals surface area contributed by atoms with Crippen LogP contribution in [0, 0.1) is 6.92 Å². The number of aryl methyl sites for hydroxylation is 2. The summed E-state index contributed by atoms with van der Waals surface area (Å²) in [5.74, 6) is 0. The van der Waals surface area contributed by atoms with Crippen LogP contribution in [-0.4, -0.2) is 47.5 Å². The van der Waals surface area contributed by atoms with Gasteiger partial charge in [0.25, 0.3) is 0 Å². The van der Waals surface area contributed by atoms with E-state index in [1.165, 1.54) is 0 Å². The molecule has 1 aromatic rings. The molecule has 3 rings (SSSR count). The molecule has 8 heteroatoms. The number of nitrogens with one attached hydrogen (secondary N) is 1. The first kappa shape index (κ1) is 15.3. The lowest BCUT2D eigenvalue weighted by atomic mass is 10.2. The van der Waals surface area contributed by atoms with Gasteiger partial charge in [-0.3, -0.25) is 9.58 Å². The number of likely N-dealkylation sites (tertiary alicyclic amines) is 1. The standard InChI is InChI=1S/C13H21ClN4O2S/c1-9-12(13(14)17(2)15-9)8-18-6-5-11(7-18)21(19,20)16-10-3-4-10/h10-11,16H,3-8H2,1-2H3. The highest BCUT2D eigenvalue weighted by Gasteiger charge is 2.37. The van der Waals surface area contributed by atoms with Crippen LogP contribution in [0.2, 0.25) is 5.15 Å². The van der Waals surface area contributed by atoms with Crippen LogP contribution < -0.4 is 4.72 Å². The Labute approximate surface area is 130 Å². The lowest BCUT2D eigenvalue weighted by Crippen LogP contribution is -2.37. The first-order valence-electron chi connectivity index (χ1n) is 7.28. The largest absolute Gasteiger partial charge is 0.298 e. The normalized spacial score (nSPS) is 23.9. The van der Waals surface area contributed by atoms with Gasteiger partial charge in [0.1, 0.15) is 5.15 Å². The van der Waals surface area contributed by atoms with Gasteiger partial charge in [0.2, 0.25) is 10.0 Å². The Balaban J connectivity index is 1.64. The van der Waals surface area contributed by atoms with Crippen molar-refractivity contribution in [3.63, 3.8) is 0 Å². The summed E-state index contributed by atoms with van der Waals surface area (Å²) in [7, 11) is -1.37. The predicted molar refractivity (Wildman–Crippen MR) is 81.7 cm³/mol. The van der Waals surface area contributed by atoms with Gasteiger partial charge >= 0.3 is 0 Å². The third-order valence-corrected chi connectivity index (χ3v) is 6.62. The molecule has 21 heavy (non-hydrogen) atoms. The van der Waals surface area contributed by atoms with Crippen molar-refractivity contribution < 1.29 is 8.42 Å². The fourth-order valence-corrected chi connectivity index (χ4v) is 4.75. The van der Waals surface area contributed by atoms with E-state index in [-0.39, 0.29) is 11.3 Å². The second kappa shape index (κ2) is 5.53. The monoisotopic (exact) mass is 332 g/mol. The molecular weight excluding hydrogens is 312 g/mol. The molecule has 2 heterocycles. The molecule has 2 fully saturated rings. The maximum absolute atomic E-state index is 12.2. The van der Waals surface area contributed by atoms with Crippen molar-refractivity contribution in [2.75, 3.05) is 13.1 Å². The maximum atomic E-state index is 12.2. The van der Waals surface area contributed by atoms with Crippen LogP contribution in [0.4, 0.5) is 0 Å². The van der Waals surface area contributed by atoms with Gasteiger partial charge in [-0.05, 0) is 32.7 Å². The third kappa shape index (κ3) is 3.26. The van der Waals surface area contributed by atoms with Crippen molar-refractivity contribution in [2.24, 2.45) is 7.05 Å². The van der Waals surface area contributed by atoms with E-state index in [1.54, 1.807) is 4.68 Å². The molecule has 1 aliphatic carbocycles. The number of hydrogen-bond donors (Lipinski definition) is 1. The number of hydrogen-bond acceptors (Lipinski definition) is 4. The molecule has 0 spiro atoms. The van der Waals surface area contributed by atoms with Crippen molar-refractivity contribution in [1.29, 1.82) is 0 Å². The van der Waals surface area contributed by atoms with Gasteiger partial charge in [0, 0.05) is 31.7 Å². The van der Waals surface area contributed by atoms with E-state index in [2.05, 4.69) is 14.7 Å². The summed E-state index contributed by atoms with van der Waals surface area (Å²) in [6.07, 6.45) is 2.62. The van der Waals surface area contributed by atoms with Gasteiger partial charge in [-0.1, -0.05) is 11.6 Å². The molecular formula is C13H21ClN4O2S. The Hall–Kier alpha value is -0.630. The molecule has 1 atom stereocenters. The minimum atomic E-state index is -3.18. The molecule has 118 valence electrons. The molecule has 1 unspecified atom stereocenters. The highest BCUT2D eigenvalue weighted by atomic mass is 35.5. The van der Waals surface area contributed by atoms with Crippen molar-refractivity contribution in [2.45, 2.75) is 44.0 Å². The van der Waals surface area contributed by atoms with Crippen molar-refractivity contribution in [1.82, 2.24) is 19.4 Å². The molecule has 6 nitrogen and oxygen atoms in total. The Morgan fingerprint density at radius 1 is 1.38 bits per heavy atom. The summed E-state index contributed by atoms with van der Waals surface area (Å²) in [5, 5.41) is 4.62. The first-order valence-corrected chi connectivity index (χ1v) is 9.20. The molecule has 2 aliphatic rings. The molecule has 0 radical (unpaired) electrons. The zero-order valence-electron chi connectivity index (χ0n) is 12.3. The van der Waals surface area contributed by atoms with E-state index in [0.717, 1.165) is 30.6 Å². The van der Waals surface area contributed by atoms with Gasteiger partial charge in [-0.15, -0.1) is 0 Å². The quantitative estimate of drug-likeness (QED) is 0.874. The lowest BCUT2D eigenvalue weighted by Gasteiger charge is -2.16. The topological polar surface area (TPSA) is 67.2 Å². The zero-order valence-corrected chi connectivity index (χ0v) is 13.9. The Morgan fingerprint density at radius 2 is 2.10 bits per heavy atom. The minimum Gasteiger partial charge on any atom is -0.298 e. The van der Waals surface area contributed by atoms with Gasteiger partial charge in [-0.2, -0.15) is 5.10 Å². The Morgan fingerprint density at radius 3 is 2.67 bits per heavy atom. The van der Waals surface area contributed by atoms with Gasteiger partial charge in [-0.25, -0.2) is 13.1 Å². The lowest BCUT2D eigenvalue weighted by molar-refractivity contribution is 0.330. The molecule has 0 bridgehead atoms. The second-order valence-electron chi connectivity index (χ2n) is 6.06. The number of rotatable bonds is 5. The number of halogens is 1. The number of sulfonamides is 1. The molecule has 0 aromatic carbocycles. The summed E-state index contributed by atoms with van der Waals surface area (Å²) in [6.45, 7) is 3.93. The molecule has 1 aliphatic heterocycles. The van der Waals surface area contributed by atoms with Crippen LogP contribution >= 0.6 is 11.6 Å². The van der Waals surface area contributed by atoms with Crippen molar-refractivity contribution >= 4 is 21.6 Å². The summed E-state index contributed by atoms with van der Waals surface area (Å²) in [4.78, 5) is 2.15. The molecule has 1 N–H and O–H groups in total. The highest BCUT2D eigenvalue weighted by Crippen LogP contribution is 2.26. The molecule has 1 saturated carbocycles. The van der Waals surface area contributed by atoms with Crippen LogP contribution in [0.1, 0.15) is 30.5 Å². The van der Waals surface area contributed by atoms with Crippen LogP contribution in [-0.2, 0) is 23.6 Å². The zero-order chi connectivity index (χ0) is 15.2. The first-order chi connectivity index (χ1) is 9.87. The van der Waals surface area contributed by atoms with E-state index in [0.29, 0.717) is 24.7 Å². The van der Waals surface area contributed by atoms with E-state index in [4.69, 9.17) is 11.6 Å². The molecule has 1 saturated heterocycles. The minimum absolute atomic E-state index is 0.180. The summed E-state index contributed by atoms with van der Waals surface area (Å²) in [6, 6.07) is 0.180. The van der Waals surface area contributed by atoms with Crippen molar-refractivity contribution in [3.05, 3.63) is 16.4 Å². The average molecular weight is 333 g/mol. The SMILES string of the molecule is Cc1nn(C)c(Cl)c1CN1CCC(S(=O)(=O)NC2CC2)C1. The van der Waals surface area contributed by atoms with Crippen LogP contribution in [0.15, 0.2) is 0 Å². The fourth-order valence-electron chi connectivity index (χ4n) is 2.80. The number of aromatic nitrogens is 2. The van der Waals surface area contributed by atoms with E-state index in [1.807, 2.05) is 14.0 Å². The van der Waals surface area contributed by atoms with E-state index < -0.39 is 10.0 Å². The predicted octanol–water partition coefficient (Wildman–Crippen LogP) is 1.04.